The summed E-state index contributed by atoms with van der Waals surface area (Å²) in [5, 5.41) is 0.683. The standard InChI is InChI=1S/C21H18O6/c1-24-16-6-3-14(4-7-16)5-10-20(22)26-13-15-11-21(23)27-19-12-17(25-2)8-9-18(15)19/h3-12H,13H2,1-2H3. The Hall–Kier alpha value is -3.54. The van der Waals surface area contributed by atoms with Gasteiger partial charge in [0.15, 0.2) is 0 Å². The van der Waals surface area contributed by atoms with Crippen LogP contribution < -0.4 is 15.1 Å². The van der Waals surface area contributed by atoms with Crippen molar-refractivity contribution in [2.45, 2.75) is 6.61 Å². The number of rotatable bonds is 6. The topological polar surface area (TPSA) is 75.0 Å². The van der Waals surface area contributed by atoms with Gasteiger partial charge >= 0.3 is 11.6 Å². The summed E-state index contributed by atoms with van der Waals surface area (Å²) < 4.78 is 20.6. The first-order chi connectivity index (χ1) is 13.1. The van der Waals surface area contributed by atoms with Crippen molar-refractivity contribution in [1.29, 1.82) is 0 Å². The maximum atomic E-state index is 12.0. The molecule has 3 rings (SSSR count). The van der Waals surface area contributed by atoms with Gasteiger partial charge in [-0.25, -0.2) is 9.59 Å². The van der Waals surface area contributed by atoms with Gasteiger partial charge in [-0.1, -0.05) is 12.1 Å². The van der Waals surface area contributed by atoms with E-state index in [0.717, 1.165) is 11.3 Å². The lowest BCUT2D eigenvalue weighted by Crippen LogP contribution is -2.05. The number of methoxy groups -OCH3 is 2. The molecule has 138 valence electrons. The number of esters is 1. The fourth-order valence-electron chi connectivity index (χ4n) is 2.53. The van der Waals surface area contributed by atoms with Crippen LogP contribution in [0.5, 0.6) is 11.5 Å². The number of benzene rings is 2. The largest absolute Gasteiger partial charge is 0.497 e. The Bertz CT molecular complexity index is 1030. The first kappa shape index (κ1) is 18.3. The lowest BCUT2D eigenvalue weighted by atomic mass is 10.1. The van der Waals surface area contributed by atoms with Crippen LogP contribution in [-0.2, 0) is 16.1 Å². The van der Waals surface area contributed by atoms with Crippen molar-refractivity contribution in [2.24, 2.45) is 0 Å². The molecule has 0 aliphatic carbocycles. The van der Waals surface area contributed by atoms with E-state index in [-0.39, 0.29) is 6.61 Å². The summed E-state index contributed by atoms with van der Waals surface area (Å²) in [6.45, 7) is -0.0415. The van der Waals surface area contributed by atoms with E-state index in [2.05, 4.69) is 0 Å². The Morgan fingerprint density at radius 1 is 1.00 bits per heavy atom. The van der Waals surface area contributed by atoms with Crippen molar-refractivity contribution in [1.82, 2.24) is 0 Å². The maximum absolute atomic E-state index is 12.0. The third-order valence-electron chi connectivity index (χ3n) is 3.93. The lowest BCUT2D eigenvalue weighted by molar-refractivity contribution is -0.138. The summed E-state index contributed by atoms with van der Waals surface area (Å²) in [6.07, 6.45) is 2.97. The van der Waals surface area contributed by atoms with Gasteiger partial charge < -0.3 is 18.6 Å². The van der Waals surface area contributed by atoms with Gasteiger partial charge in [-0.15, -0.1) is 0 Å². The normalized spacial score (nSPS) is 10.9. The van der Waals surface area contributed by atoms with Gasteiger partial charge in [0.05, 0.1) is 14.2 Å². The van der Waals surface area contributed by atoms with Crippen LogP contribution in [0.25, 0.3) is 17.0 Å². The molecule has 6 nitrogen and oxygen atoms in total. The Morgan fingerprint density at radius 3 is 2.41 bits per heavy atom. The molecule has 0 aliphatic heterocycles. The van der Waals surface area contributed by atoms with Gasteiger partial charge in [-0.2, -0.15) is 0 Å². The second-order valence-corrected chi connectivity index (χ2v) is 5.67. The Balaban J connectivity index is 1.71. The minimum absolute atomic E-state index is 0.0415. The number of carbonyl (C=O) groups excluding carboxylic acids is 1. The molecule has 0 aliphatic rings. The van der Waals surface area contributed by atoms with Gasteiger partial charge in [-0.05, 0) is 35.9 Å². The van der Waals surface area contributed by atoms with Crippen LogP contribution in [-0.4, -0.2) is 20.2 Å². The fraction of sp³-hybridized carbons (Fsp3) is 0.143. The van der Waals surface area contributed by atoms with Gasteiger partial charge in [0.1, 0.15) is 23.7 Å². The van der Waals surface area contributed by atoms with Crippen molar-refractivity contribution in [3.63, 3.8) is 0 Å². The van der Waals surface area contributed by atoms with E-state index in [0.29, 0.717) is 22.3 Å². The van der Waals surface area contributed by atoms with E-state index in [1.54, 1.807) is 43.5 Å². The third kappa shape index (κ3) is 4.55. The fourth-order valence-corrected chi connectivity index (χ4v) is 2.53. The maximum Gasteiger partial charge on any atom is 0.336 e. The van der Waals surface area contributed by atoms with Crippen molar-refractivity contribution in [3.8, 4) is 11.5 Å². The van der Waals surface area contributed by atoms with Gasteiger partial charge in [0.2, 0.25) is 0 Å². The summed E-state index contributed by atoms with van der Waals surface area (Å²) in [7, 11) is 3.12. The highest BCUT2D eigenvalue weighted by atomic mass is 16.5. The predicted molar refractivity (Wildman–Crippen MR) is 101 cm³/mol. The SMILES string of the molecule is COc1ccc(C=CC(=O)OCc2cc(=O)oc3cc(OC)ccc23)cc1. The zero-order chi connectivity index (χ0) is 19.2. The molecule has 0 bridgehead atoms. The minimum Gasteiger partial charge on any atom is -0.497 e. The Labute approximate surface area is 155 Å². The minimum atomic E-state index is -0.518. The quantitative estimate of drug-likeness (QED) is 0.377. The van der Waals surface area contributed by atoms with Crippen LogP contribution in [0.2, 0.25) is 0 Å². The number of ether oxygens (including phenoxy) is 3. The van der Waals surface area contributed by atoms with E-state index in [9.17, 15) is 9.59 Å². The molecule has 0 unspecified atom stereocenters. The van der Waals surface area contributed by atoms with Crippen LogP contribution in [0, 0.1) is 0 Å². The molecule has 1 heterocycles. The first-order valence-corrected chi connectivity index (χ1v) is 8.19. The van der Waals surface area contributed by atoms with Crippen molar-refractivity contribution >= 4 is 23.0 Å². The number of fused-ring (bicyclic) bond motifs is 1. The van der Waals surface area contributed by atoms with Gasteiger partial charge in [-0.3, -0.25) is 0 Å². The highest BCUT2D eigenvalue weighted by Gasteiger charge is 2.09. The van der Waals surface area contributed by atoms with Crippen molar-refractivity contribution in [2.75, 3.05) is 14.2 Å². The second-order valence-electron chi connectivity index (χ2n) is 5.67. The number of carbonyl (C=O) groups is 1. The van der Waals surface area contributed by atoms with Crippen LogP contribution >= 0.6 is 0 Å². The second kappa shape index (κ2) is 8.23. The smallest absolute Gasteiger partial charge is 0.336 e. The van der Waals surface area contributed by atoms with Crippen LogP contribution in [0.4, 0.5) is 0 Å². The summed E-state index contributed by atoms with van der Waals surface area (Å²) in [4.78, 5) is 23.7. The van der Waals surface area contributed by atoms with Gasteiger partial charge in [0, 0.05) is 29.2 Å². The van der Waals surface area contributed by atoms with Crippen LogP contribution in [0.1, 0.15) is 11.1 Å². The Morgan fingerprint density at radius 2 is 1.70 bits per heavy atom. The van der Waals surface area contributed by atoms with E-state index in [4.69, 9.17) is 18.6 Å². The zero-order valence-corrected chi connectivity index (χ0v) is 14.9. The van der Waals surface area contributed by atoms with E-state index in [1.807, 2.05) is 12.1 Å². The average molecular weight is 366 g/mol. The molecule has 0 amide bonds. The molecule has 0 saturated carbocycles. The molecule has 6 heteroatoms. The molecule has 2 aromatic carbocycles. The monoisotopic (exact) mass is 366 g/mol. The highest BCUT2D eigenvalue weighted by Crippen LogP contribution is 2.23. The van der Waals surface area contributed by atoms with E-state index in [1.165, 1.54) is 19.3 Å². The first-order valence-electron chi connectivity index (χ1n) is 8.19. The summed E-state index contributed by atoms with van der Waals surface area (Å²) in [5.41, 5.74) is 1.26. The molecule has 0 saturated heterocycles. The molecule has 0 radical (unpaired) electrons. The molecule has 0 N–H and O–H groups in total. The van der Waals surface area contributed by atoms with Gasteiger partial charge in [0.25, 0.3) is 0 Å². The molecule has 0 atom stereocenters. The van der Waals surface area contributed by atoms with Crippen molar-refractivity contribution < 1.29 is 23.4 Å². The molecule has 0 spiro atoms. The summed E-state index contributed by atoms with van der Waals surface area (Å²) in [5.74, 6) is 0.795. The molecule has 3 aromatic rings. The van der Waals surface area contributed by atoms with E-state index >= 15 is 0 Å². The Kier molecular flexibility index (Phi) is 5.56. The highest BCUT2D eigenvalue weighted by molar-refractivity contribution is 5.87. The molecule has 1 aromatic heterocycles. The number of hydrogen-bond donors (Lipinski definition) is 0. The molecule has 27 heavy (non-hydrogen) atoms. The number of hydrogen-bond acceptors (Lipinski definition) is 6. The van der Waals surface area contributed by atoms with Crippen molar-refractivity contribution in [3.05, 3.63) is 76.2 Å². The molecular weight excluding hydrogens is 348 g/mol. The van der Waals surface area contributed by atoms with E-state index < -0.39 is 11.6 Å². The third-order valence-corrected chi connectivity index (χ3v) is 3.93. The summed E-state index contributed by atoms with van der Waals surface area (Å²) in [6, 6.07) is 13.7. The molecule has 0 fully saturated rings. The van der Waals surface area contributed by atoms with Crippen LogP contribution in [0.3, 0.4) is 0 Å². The predicted octanol–water partition coefficient (Wildman–Crippen LogP) is 3.57. The van der Waals surface area contributed by atoms with Crippen LogP contribution in [0.15, 0.2) is 63.8 Å². The summed E-state index contributed by atoms with van der Waals surface area (Å²) >= 11 is 0. The lowest BCUT2D eigenvalue weighted by Gasteiger charge is -2.07. The zero-order valence-electron chi connectivity index (χ0n) is 14.9. The average Bonchev–Trinajstić information content (AvgIpc) is 2.70. The molecular formula is C21H18O6.